The highest BCUT2D eigenvalue weighted by atomic mass is 16.2. The summed E-state index contributed by atoms with van der Waals surface area (Å²) in [6.07, 6.45) is 9.63. The number of anilines is 1. The van der Waals surface area contributed by atoms with Crippen LogP contribution in [0.3, 0.4) is 0 Å². The molecule has 1 aliphatic heterocycles. The molecule has 1 spiro atoms. The minimum Gasteiger partial charge on any atom is -0.317 e. The summed E-state index contributed by atoms with van der Waals surface area (Å²) in [4.78, 5) is 24.2. The number of nitrogens with zero attached hydrogens (tertiary/aromatic N) is 5. The zero-order chi connectivity index (χ0) is 22.3. The predicted octanol–water partition coefficient (Wildman–Crippen LogP) is 4.38. The Morgan fingerprint density at radius 1 is 1.12 bits per heavy atom. The van der Waals surface area contributed by atoms with Crippen molar-refractivity contribution in [1.29, 1.82) is 5.26 Å². The molecular weight excluding hydrogens is 398 g/mol. The highest BCUT2D eigenvalue weighted by Crippen LogP contribution is 2.50. The number of carbonyl (C=O) groups excluding carboxylic acids is 1. The number of rotatable bonds is 5. The molecule has 1 aromatic heterocycles. The smallest absolute Gasteiger partial charge is 0.317 e. The number of hydrogen-bond acceptors (Lipinski definition) is 4. The minimum absolute atomic E-state index is 0.0135. The third-order valence-electron chi connectivity index (χ3n) is 8.01. The van der Waals surface area contributed by atoms with Crippen LogP contribution in [0, 0.1) is 17.2 Å². The fourth-order valence-electron chi connectivity index (χ4n) is 5.81. The Morgan fingerprint density at radius 2 is 1.84 bits per heavy atom. The zero-order valence-electron chi connectivity index (χ0n) is 19.0. The van der Waals surface area contributed by atoms with Crippen molar-refractivity contribution >= 4 is 11.7 Å². The largest absolute Gasteiger partial charge is 0.325 e. The third-order valence-corrected chi connectivity index (χ3v) is 8.01. The van der Waals surface area contributed by atoms with E-state index in [-0.39, 0.29) is 17.1 Å². The van der Waals surface area contributed by atoms with Gasteiger partial charge in [-0.05, 0) is 70.2 Å². The lowest BCUT2D eigenvalue weighted by Gasteiger charge is -2.51. The Labute approximate surface area is 190 Å². The summed E-state index contributed by atoms with van der Waals surface area (Å²) in [7, 11) is 4.35. The van der Waals surface area contributed by atoms with E-state index in [2.05, 4.69) is 65.3 Å². The molecule has 2 heterocycles. The van der Waals surface area contributed by atoms with E-state index in [0.29, 0.717) is 23.7 Å². The van der Waals surface area contributed by atoms with Crippen molar-refractivity contribution in [2.45, 2.75) is 49.6 Å². The third kappa shape index (κ3) is 3.36. The molecule has 2 amide bonds. The average molecular weight is 430 g/mol. The van der Waals surface area contributed by atoms with Crippen LogP contribution in [-0.2, 0) is 5.54 Å². The fourth-order valence-corrected chi connectivity index (χ4v) is 5.81. The summed E-state index contributed by atoms with van der Waals surface area (Å²) in [5.74, 6) is 0.620. The first-order valence-electron chi connectivity index (χ1n) is 11.7. The van der Waals surface area contributed by atoms with Gasteiger partial charge in [-0.2, -0.15) is 5.26 Å². The first-order chi connectivity index (χ1) is 15.5. The molecular formula is C26H31N5O. The van der Waals surface area contributed by atoms with E-state index in [9.17, 15) is 10.1 Å². The van der Waals surface area contributed by atoms with E-state index in [4.69, 9.17) is 0 Å². The molecule has 2 aliphatic carbocycles. The van der Waals surface area contributed by atoms with E-state index in [1.807, 2.05) is 4.90 Å². The number of benzene rings is 1. The predicted molar refractivity (Wildman–Crippen MR) is 124 cm³/mol. The SMILES string of the molecule is CN(C)[C@]1(c2ccccc2)CC[C@@]2(CC1)CN(c1cnccc1C#N)C(=O)N2CC1CC1. The molecule has 166 valence electrons. The lowest BCUT2D eigenvalue weighted by atomic mass is 9.68. The number of carbonyl (C=O) groups is 1. The summed E-state index contributed by atoms with van der Waals surface area (Å²) in [5.41, 5.74) is 2.31. The van der Waals surface area contributed by atoms with Crippen molar-refractivity contribution in [3.05, 3.63) is 59.9 Å². The van der Waals surface area contributed by atoms with Crippen molar-refractivity contribution in [2.75, 3.05) is 32.1 Å². The van der Waals surface area contributed by atoms with Crippen molar-refractivity contribution in [3.63, 3.8) is 0 Å². The highest BCUT2D eigenvalue weighted by Gasteiger charge is 2.55. The van der Waals surface area contributed by atoms with Gasteiger partial charge in [0.2, 0.25) is 0 Å². The van der Waals surface area contributed by atoms with Crippen LogP contribution in [0.1, 0.15) is 49.7 Å². The molecule has 32 heavy (non-hydrogen) atoms. The first-order valence-corrected chi connectivity index (χ1v) is 11.7. The number of hydrogen-bond donors (Lipinski definition) is 0. The van der Waals surface area contributed by atoms with Crippen LogP contribution < -0.4 is 4.90 Å². The number of nitriles is 1. The summed E-state index contributed by atoms with van der Waals surface area (Å²) in [6.45, 7) is 1.47. The molecule has 1 aromatic carbocycles. The lowest BCUT2D eigenvalue weighted by molar-refractivity contribution is 0.0249. The minimum atomic E-state index is -0.184. The molecule has 3 fully saturated rings. The first kappa shape index (κ1) is 21.0. The molecule has 2 saturated carbocycles. The van der Waals surface area contributed by atoms with Crippen molar-refractivity contribution in [3.8, 4) is 6.07 Å². The molecule has 5 rings (SSSR count). The van der Waals surface area contributed by atoms with Crippen LogP contribution in [0.5, 0.6) is 0 Å². The van der Waals surface area contributed by atoms with Crippen LogP contribution in [-0.4, -0.2) is 53.5 Å². The van der Waals surface area contributed by atoms with Gasteiger partial charge < -0.3 is 4.90 Å². The van der Waals surface area contributed by atoms with E-state index in [1.165, 1.54) is 18.4 Å². The van der Waals surface area contributed by atoms with Crippen LogP contribution >= 0.6 is 0 Å². The van der Waals surface area contributed by atoms with Gasteiger partial charge in [-0.15, -0.1) is 0 Å². The summed E-state index contributed by atoms with van der Waals surface area (Å²) in [6, 6.07) is 14.8. The molecule has 1 saturated heterocycles. The fraction of sp³-hybridized carbons (Fsp3) is 0.500. The lowest BCUT2D eigenvalue weighted by Crippen LogP contribution is -2.55. The van der Waals surface area contributed by atoms with Gasteiger partial charge in [-0.3, -0.25) is 14.8 Å². The Hall–Kier alpha value is -2.91. The van der Waals surface area contributed by atoms with Gasteiger partial charge in [0, 0.05) is 18.3 Å². The molecule has 6 nitrogen and oxygen atoms in total. The van der Waals surface area contributed by atoms with Gasteiger partial charge in [0.1, 0.15) is 6.07 Å². The van der Waals surface area contributed by atoms with E-state index in [0.717, 1.165) is 32.2 Å². The van der Waals surface area contributed by atoms with Gasteiger partial charge >= 0.3 is 6.03 Å². The van der Waals surface area contributed by atoms with Gasteiger partial charge in [-0.1, -0.05) is 30.3 Å². The molecule has 0 bridgehead atoms. The Morgan fingerprint density at radius 3 is 2.47 bits per heavy atom. The van der Waals surface area contributed by atoms with Gasteiger partial charge in [0.15, 0.2) is 0 Å². The molecule has 0 N–H and O–H groups in total. The second kappa shape index (κ2) is 7.90. The number of pyridine rings is 1. The maximum atomic E-state index is 13.7. The second-order valence-electron chi connectivity index (χ2n) is 9.94. The van der Waals surface area contributed by atoms with E-state index >= 15 is 0 Å². The van der Waals surface area contributed by atoms with Gasteiger partial charge in [-0.25, -0.2) is 4.79 Å². The molecule has 0 atom stereocenters. The van der Waals surface area contributed by atoms with Crippen LogP contribution in [0.15, 0.2) is 48.8 Å². The molecule has 0 radical (unpaired) electrons. The number of aromatic nitrogens is 1. The second-order valence-corrected chi connectivity index (χ2v) is 9.94. The summed E-state index contributed by atoms with van der Waals surface area (Å²) < 4.78 is 0. The maximum absolute atomic E-state index is 13.7. The average Bonchev–Trinajstić information content (AvgIpc) is 3.61. The number of amides is 2. The van der Waals surface area contributed by atoms with Gasteiger partial charge in [0.05, 0.1) is 29.5 Å². The topological polar surface area (TPSA) is 63.5 Å². The quantitative estimate of drug-likeness (QED) is 0.708. The van der Waals surface area contributed by atoms with Crippen molar-refractivity contribution < 1.29 is 4.79 Å². The van der Waals surface area contributed by atoms with Crippen LogP contribution in [0.4, 0.5) is 10.5 Å². The molecule has 6 heteroatoms. The Balaban J connectivity index is 1.47. The molecule has 0 unspecified atom stereocenters. The van der Waals surface area contributed by atoms with Crippen molar-refractivity contribution in [2.24, 2.45) is 5.92 Å². The summed E-state index contributed by atoms with van der Waals surface area (Å²) in [5, 5.41) is 9.61. The Bertz CT molecular complexity index is 1030. The maximum Gasteiger partial charge on any atom is 0.325 e. The van der Waals surface area contributed by atoms with Gasteiger partial charge in [0.25, 0.3) is 0 Å². The highest BCUT2D eigenvalue weighted by molar-refractivity contribution is 5.96. The van der Waals surface area contributed by atoms with Crippen LogP contribution in [0.25, 0.3) is 0 Å². The van der Waals surface area contributed by atoms with Crippen molar-refractivity contribution in [1.82, 2.24) is 14.8 Å². The van der Waals surface area contributed by atoms with Crippen LogP contribution in [0.2, 0.25) is 0 Å². The Kier molecular flexibility index (Phi) is 5.17. The summed E-state index contributed by atoms with van der Waals surface area (Å²) >= 11 is 0. The zero-order valence-corrected chi connectivity index (χ0v) is 19.0. The number of urea groups is 1. The van der Waals surface area contributed by atoms with E-state index < -0.39 is 0 Å². The standard InChI is InChI=1S/C26H31N5O/c1-29(2)26(22-6-4-3-5-7-22)13-11-25(12-14-26)19-30(23-17-28-15-10-21(23)16-27)24(32)31(25)18-20-8-9-20/h3-7,10,15,17,20H,8-9,11-14,18-19H2,1-2H3/t25-,26-. The normalized spacial score (nSPS) is 27.9. The van der Waals surface area contributed by atoms with E-state index in [1.54, 1.807) is 18.5 Å². The molecule has 3 aliphatic rings. The monoisotopic (exact) mass is 429 g/mol. The molecule has 2 aromatic rings.